The molecule has 1 heterocycles. The Kier molecular flexibility index (Phi) is 2.78. The molecule has 0 unspecified atom stereocenters. The number of aromatic nitrogens is 1. The van der Waals surface area contributed by atoms with Crippen molar-refractivity contribution in [2.24, 2.45) is 0 Å². The molecular weight excluding hydrogens is 292 g/mol. The van der Waals surface area contributed by atoms with Crippen LogP contribution in [-0.2, 0) is 0 Å². The van der Waals surface area contributed by atoms with E-state index < -0.39 is 4.92 Å². The zero-order chi connectivity index (χ0) is 12.7. The number of benzene rings is 1. The standard InChI is InChI=1S/C10H9BrN2O4/c1-5(2)12-10(14)7-3-6(11)4-8(13(15)16)9(7)17-12/h3-5H,1-2H3. The molecule has 0 fully saturated rings. The molecule has 6 nitrogen and oxygen atoms in total. The van der Waals surface area contributed by atoms with Crippen molar-refractivity contribution in [2.45, 2.75) is 19.9 Å². The van der Waals surface area contributed by atoms with Crippen LogP contribution in [0.5, 0.6) is 0 Å². The van der Waals surface area contributed by atoms with E-state index in [2.05, 4.69) is 15.9 Å². The summed E-state index contributed by atoms with van der Waals surface area (Å²) in [4.78, 5) is 22.2. The van der Waals surface area contributed by atoms with Crippen molar-refractivity contribution in [1.82, 2.24) is 4.74 Å². The lowest BCUT2D eigenvalue weighted by Crippen LogP contribution is -2.15. The van der Waals surface area contributed by atoms with Gasteiger partial charge in [0, 0.05) is 10.5 Å². The largest absolute Gasteiger partial charge is 0.368 e. The second-order valence-corrected chi connectivity index (χ2v) is 4.79. The number of nitro benzene ring substituents is 1. The summed E-state index contributed by atoms with van der Waals surface area (Å²) >= 11 is 3.14. The van der Waals surface area contributed by atoms with E-state index in [-0.39, 0.29) is 28.3 Å². The summed E-state index contributed by atoms with van der Waals surface area (Å²) in [5, 5.41) is 11.1. The average molecular weight is 301 g/mol. The van der Waals surface area contributed by atoms with Crippen molar-refractivity contribution >= 4 is 32.6 Å². The van der Waals surface area contributed by atoms with Gasteiger partial charge in [-0.05, 0) is 19.9 Å². The fourth-order valence-corrected chi connectivity index (χ4v) is 2.01. The van der Waals surface area contributed by atoms with Gasteiger partial charge in [-0.2, -0.15) is 4.74 Å². The number of hydrogen-bond donors (Lipinski definition) is 0. The fourth-order valence-electron chi connectivity index (χ4n) is 1.57. The van der Waals surface area contributed by atoms with Gasteiger partial charge in [0.05, 0.1) is 16.4 Å². The maximum Gasteiger partial charge on any atom is 0.316 e. The first kappa shape index (κ1) is 11.8. The van der Waals surface area contributed by atoms with Crippen LogP contribution in [0.15, 0.2) is 25.9 Å². The van der Waals surface area contributed by atoms with Crippen LogP contribution < -0.4 is 5.56 Å². The normalized spacial score (nSPS) is 11.3. The van der Waals surface area contributed by atoms with Crippen LogP contribution in [0.25, 0.3) is 11.0 Å². The minimum absolute atomic E-state index is 0.0110. The van der Waals surface area contributed by atoms with E-state index in [1.807, 2.05) is 0 Å². The van der Waals surface area contributed by atoms with E-state index in [0.29, 0.717) is 4.47 Å². The molecule has 0 aliphatic heterocycles. The van der Waals surface area contributed by atoms with Gasteiger partial charge >= 0.3 is 5.69 Å². The molecule has 0 amide bonds. The molecular formula is C10H9BrN2O4. The van der Waals surface area contributed by atoms with Gasteiger partial charge in [-0.15, -0.1) is 0 Å². The van der Waals surface area contributed by atoms with Crippen molar-refractivity contribution in [2.75, 3.05) is 0 Å². The quantitative estimate of drug-likeness (QED) is 0.631. The lowest BCUT2D eigenvalue weighted by molar-refractivity contribution is -0.383. The summed E-state index contributed by atoms with van der Waals surface area (Å²) in [6.07, 6.45) is 0. The molecule has 1 aromatic carbocycles. The molecule has 0 radical (unpaired) electrons. The number of fused-ring (bicyclic) bond motifs is 1. The van der Waals surface area contributed by atoms with Crippen molar-refractivity contribution in [3.05, 3.63) is 37.1 Å². The molecule has 2 aromatic rings. The van der Waals surface area contributed by atoms with E-state index in [9.17, 15) is 14.9 Å². The van der Waals surface area contributed by atoms with Crippen molar-refractivity contribution in [3.63, 3.8) is 0 Å². The Morgan fingerprint density at radius 3 is 2.65 bits per heavy atom. The van der Waals surface area contributed by atoms with Crippen LogP contribution in [0.4, 0.5) is 5.69 Å². The Bertz CT molecular complexity index is 656. The first-order valence-electron chi connectivity index (χ1n) is 4.91. The van der Waals surface area contributed by atoms with Crippen LogP contribution in [0, 0.1) is 10.1 Å². The summed E-state index contributed by atoms with van der Waals surface area (Å²) < 4.78 is 6.86. The van der Waals surface area contributed by atoms with E-state index in [1.54, 1.807) is 13.8 Å². The van der Waals surface area contributed by atoms with E-state index in [1.165, 1.54) is 12.1 Å². The lowest BCUT2D eigenvalue weighted by atomic mass is 10.2. The van der Waals surface area contributed by atoms with Gasteiger partial charge in [0.15, 0.2) is 0 Å². The Labute approximate surface area is 104 Å². The highest BCUT2D eigenvalue weighted by Gasteiger charge is 2.22. The van der Waals surface area contributed by atoms with Gasteiger partial charge in [0.25, 0.3) is 5.56 Å². The molecule has 0 N–H and O–H groups in total. The monoisotopic (exact) mass is 300 g/mol. The maximum atomic E-state index is 11.9. The van der Waals surface area contributed by atoms with Gasteiger partial charge in [0.2, 0.25) is 5.58 Å². The van der Waals surface area contributed by atoms with Crippen molar-refractivity contribution in [1.29, 1.82) is 0 Å². The topological polar surface area (TPSA) is 78.3 Å². The SMILES string of the molecule is CC(C)n1oc2c([N+](=O)[O-])cc(Br)cc2c1=O. The zero-order valence-electron chi connectivity index (χ0n) is 9.14. The number of halogens is 1. The number of non-ortho nitro benzene ring substituents is 1. The second kappa shape index (κ2) is 3.99. The summed E-state index contributed by atoms with van der Waals surface area (Å²) in [5.41, 5.74) is -0.567. The van der Waals surface area contributed by atoms with E-state index in [0.717, 1.165) is 4.74 Å². The second-order valence-electron chi connectivity index (χ2n) is 3.87. The number of hydrogen-bond acceptors (Lipinski definition) is 4. The van der Waals surface area contributed by atoms with Gasteiger partial charge in [0.1, 0.15) is 0 Å². The highest BCUT2D eigenvalue weighted by Crippen LogP contribution is 2.29. The van der Waals surface area contributed by atoms with Crippen molar-refractivity contribution in [3.8, 4) is 0 Å². The molecule has 0 spiro atoms. The third kappa shape index (κ3) is 1.86. The Hall–Kier alpha value is -1.63. The molecule has 0 atom stereocenters. The third-order valence-corrected chi connectivity index (χ3v) is 2.78. The summed E-state index contributed by atoms with van der Waals surface area (Å²) in [5.74, 6) is 0. The first-order valence-corrected chi connectivity index (χ1v) is 5.70. The van der Waals surface area contributed by atoms with E-state index in [4.69, 9.17) is 4.52 Å². The molecule has 0 aliphatic rings. The average Bonchev–Trinajstić information content (AvgIpc) is 2.55. The van der Waals surface area contributed by atoms with Crippen LogP contribution in [0.1, 0.15) is 19.9 Å². The predicted octanol–water partition coefficient (Wildman–Crippen LogP) is 2.85. The van der Waals surface area contributed by atoms with E-state index >= 15 is 0 Å². The van der Waals surface area contributed by atoms with Crippen LogP contribution in [0.2, 0.25) is 0 Å². The molecule has 0 saturated carbocycles. The van der Waals surface area contributed by atoms with Gasteiger partial charge in [-0.1, -0.05) is 15.9 Å². The summed E-state index contributed by atoms with van der Waals surface area (Å²) in [7, 11) is 0. The van der Waals surface area contributed by atoms with Crippen LogP contribution >= 0.6 is 15.9 Å². The number of rotatable bonds is 2. The van der Waals surface area contributed by atoms with Gasteiger partial charge in [-0.25, -0.2) is 0 Å². The molecule has 0 saturated heterocycles. The third-order valence-electron chi connectivity index (χ3n) is 2.32. The first-order chi connectivity index (χ1) is 7.91. The molecule has 7 heteroatoms. The minimum Gasteiger partial charge on any atom is -0.368 e. The molecule has 0 aliphatic carbocycles. The summed E-state index contributed by atoms with van der Waals surface area (Å²) in [6, 6.07) is 2.65. The van der Waals surface area contributed by atoms with Crippen LogP contribution in [-0.4, -0.2) is 9.66 Å². The predicted molar refractivity (Wildman–Crippen MR) is 65.2 cm³/mol. The number of nitro groups is 1. The Balaban J connectivity index is 2.91. The smallest absolute Gasteiger partial charge is 0.316 e. The molecule has 2 rings (SSSR count). The highest BCUT2D eigenvalue weighted by atomic mass is 79.9. The van der Waals surface area contributed by atoms with Crippen molar-refractivity contribution < 1.29 is 9.45 Å². The molecule has 90 valence electrons. The minimum atomic E-state index is -0.569. The zero-order valence-corrected chi connectivity index (χ0v) is 10.7. The molecule has 0 bridgehead atoms. The molecule has 17 heavy (non-hydrogen) atoms. The van der Waals surface area contributed by atoms with Crippen LogP contribution in [0.3, 0.4) is 0 Å². The van der Waals surface area contributed by atoms with Gasteiger partial charge in [-0.3, -0.25) is 14.9 Å². The lowest BCUT2D eigenvalue weighted by Gasteiger charge is -2.00. The number of nitrogens with zero attached hydrogens (tertiary/aromatic N) is 2. The van der Waals surface area contributed by atoms with Gasteiger partial charge < -0.3 is 4.52 Å². The Morgan fingerprint density at radius 2 is 2.12 bits per heavy atom. The molecule has 1 aromatic heterocycles. The summed E-state index contributed by atoms with van der Waals surface area (Å²) in [6.45, 7) is 3.54. The fraction of sp³-hybridized carbons (Fsp3) is 0.300. The maximum absolute atomic E-state index is 11.9. The highest BCUT2D eigenvalue weighted by molar-refractivity contribution is 9.10. The Morgan fingerprint density at radius 1 is 1.47 bits per heavy atom.